The number of carbonyl (C=O) groups excluding carboxylic acids is 2. The molecule has 6 nitrogen and oxygen atoms in total. The molecule has 0 N–H and O–H groups in total. The molecule has 0 atom stereocenters. The van der Waals surface area contributed by atoms with Crippen LogP contribution in [-0.2, 0) is 33.6 Å². The first-order valence-corrected chi connectivity index (χ1v) is 11.5. The van der Waals surface area contributed by atoms with Crippen molar-refractivity contribution in [3.63, 3.8) is 0 Å². The number of hydrogen-bond acceptors (Lipinski definition) is 3. The Bertz CT molecular complexity index is 927. The highest BCUT2D eigenvalue weighted by atomic mass is 19.4. The van der Waals surface area contributed by atoms with Crippen LogP contribution < -0.4 is 0 Å². The molecule has 0 aliphatic heterocycles. The van der Waals surface area contributed by atoms with E-state index in [-0.39, 0.29) is 31.5 Å². The SMILES string of the molecule is CCCCCN(Cc1cccn1Cc1cccc(C(F)(F)F)c1)C(=O)CN(CC)C(=O)COC. The summed E-state index contributed by atoms with van der Waals surface area (Å²) < 4.78 is 46.0. The first kappa shape index (κ1) is 27.4. The Hall–Kier alpha value is -2.81. The van der Waals surface area contributed by atoms with Gasteiger partial charge in [-0.25, -0.2) is 0 Å². The molecule has 0 bridgehead atoms. The average molecular weight is 482 g/mol. The van der Waals surface area contributed by atoms with Gasteiger partial charge in [-0.15, -0.1) is 0 Å². The van der Waals surface area contributed by atoms with Crippen LogP contribution in [0, 0.1) is 0 Å². The Morgan fingerprint density at radius 2 is 1.79 bits per heavy atom. The molecular weight excluding hydrogens is 447 g/mol. The van der Waals surface area contributed by atoms with Gasteiger partial charge in [0.1, 0.15) is 6.61 Å². The lowest BCUT2D eigenvalue weighted by Crippen LogP contribution is -2.44. The van der Waals surface area contributed by atoms with Gasteiger partial charge >= 0.3 is 6.18 Å². The summed E-state index contributed by atoms with van der Waals surface area (Å²) in [5.41, 5.74) is 0.655. The summed E-state index contributed by atoms with van der Waals surface area (Å²) in [5.74, 6) is -0.422. The number of methoxy groups -OCH3 is 1. The van der Waals surface area contributed by atoms with Gasteiger partial charge in [0.05, 0.1) is 18.7 Å². The van der Waals surface area contributed by atoms with Gasteiger partial charge in [0.2, 0.25) is 11.8 Å². The molecule has 2 amide bonds. The van der Waals surface area contributed by atoms with Crippen LogP contribution in [-0.4, -0.2) is 59.5 Å². The quantitative estimate of drug-likeness (QED) is 0.394. The van der Waals surface area contributed by atoms with Crippen molar-refractivity contribution in [1.82, 2.24) is 14.4 Å². The van der Waals surface area contributed by atoms with Crippen LogP contribution in [0.2, 0.25) is 0 Å². The lowest BCUT2D eigenvalue weighted by atomic mass is 10.1. The third-order valence-electron chi connectivity index (χ3n) is 5.60. The number of likely N-dealkylation sites (N-methyl/N-ethyl adjacent to an activating group) is 1. The fourth-order valence-corrected chi connectivity index (χ4v) is 3.68. The number of benzene rings is 1. The highest BCUT2D eigenvalue weighted by molar-refractivity contribution is 5.85. The molecule has 0 radical (unpaired) electrons. The van der Waals surface area contributed by atoms with Gasteiger partial charge in [-0.1, -0.05) is 31.9 Å². The van der Waals surface area contributed by atoms with Crippen molar-refractivity contribution in [3.05, 3.63) is 59.4 Å². The smallest absolute Gasteiger partial charge is 0.375 e. The standard InChI is InChI=1S/C25H34F3N3O3/c1-4-6-7-13-31(23(32)18-29(5-2)24(33)19-34-3)17-22-12-9-14-30(22)16-20-10-8-11-21(15-20)25(26,27)28/h8-12,14-15H,4-7,13,16-19H2,1-3H3. The molecule has 0 fully saturated rings. The molecule has 0 unspecified atom stereocenters. The Labute approximate surface area is 199 Å². The van der Waals surface area contributed by atoms with Gasteiger partial charge in [-0.05, 0) is 43.2 Å². The van der Waals surface area contributed by atoms with Crippen LogP contribution in [0.15, 0.2) is 42.6 Å². The topological polar surface area (TPSA) is 54.8 Å². The van der Waals surface area contributed by atoms with Crippen molar-refractivity contribution >= 4 is 11.8 Å². The molecule has 1 heterocycles. The minimum atomic E-state index is -4.40. The largest absolute Gasteiger partial charge is 0.416 e. The van der Waals surface area contributed by atoms with Crippen LogP contribution in [0.5, 0.6) is 0 Å². The Morgan fingerprint density at radius 1 is 1.03 bits per heavy atom. The molecular formula is C25H34F3N3O3. The first-order chi connectivity index (χ1) is 16.2. The predicted molar refractivity (Wildman–Crippen MR) is 124 cm³/mol. The molecule has 1 aromatic heterocycles. The molecule has 2 aromatic rings. The maximum atomic E-state index is 13.1. The fourth-order valence-electron chi connectivity index (χ4n) is 3.68. The summed E-state index contributed by atoms with van der Waals surface area (Å²) >= 11 is 0. The van der Waals surface area contributed by atoms with Crippen molar-refractivity contribution in [2.75, 3.05) is 33.4 Å². The maximum absolute atomic E-state index is 13.1. The number of ether oxygens (including phenoxy) is 1. The van der Waals surface area contributed by atoms with Gasteiger partial charge in [-0.3, -0.25) is 9.59 Å². The Balaban J connectivity index is 2.17. The third-order valence-corrected chi connectivity index (χ3v) is 5.60. The van der Waals surface area contributed by atoms with E-state index in [2.05, 4.69) is 6.92 Å². The summed E-state index contributed by atoms with van der Waals surface area (Å²) in [5, 5.41) is 0. The number of hydrogen-bond donors (Lipinski definition) is 0. The van der Waals surface area contributed by atoms with Gasteiger partial charge in [0.25, 0.3) is 0 Å². The van der Waals surface area contributed by atoms with Gasteiger partial charge in [0.15, 0.2) is 0 Å². The van der Waals surface area contributed by atoms with E-state index in [1.165, 1.54) is 18.1 Å². The van der Waals surface area contributed by atoms with Crippen molar-refractivity contribution in [3.8, 4) is 0 Å². The average Bonchev–Trinajstić information content (AvgIpc) is 3.22. The number of halogens is 3. The van der Waals surface area contributed by atoms with E-state index >= 15 is 0 Å². The van der Waals surface area contributed by atoms with Gasteiger partial charge < -0.3 is 19.1 Å². The molecule has 0 aliphatic rings. The number of nitrogens with zero attached hydrogens (tertiary/aromatic N) is 3. The molecule has 1 aromatic carbocycles. The zero-order valence-electron chi connectivity index (χ0n) is 20.1. The highest BCUT2D eigenvalue weighted by Crippen LogP contribution is 2.29. The number of amides is 2. The number of unbranched alkanes of at least 4 members (excludes halogenated alkanes) is 2. The molecule has 0 spiro atoms. The summed E-state index contributed by atoms with van der Waals surface area (Å²) in [6, 6.07) is 8.94. The van der Waals surface area contributed by atoms with Crippen LogP contribution >= 0.6 is 0 Å². The zero-order valence-corrected chi connectivity index (χ0v) is 20.1. The Morgan fingerprint density at radius 3 is 2.44 bits per heavy atom. The van der Waals surface area contributed by atoms with Crippen LogP contribution in [0.1, 0.15) is 49.9 Å². The minimum absolute atomic E-state index is 0.0425. The summed E-state index contributed by atoms with van der Waals surface area (Å²) in [4.78, 5) is 28.5. The number of rotatable bonds is 13. The van der Waals surface area contributed by atoms with Crippen molar-refractivity contribution in [1.29, 1.82) is 0 Å². The van der Waals surface area contributed by atoms with E-state index < -0.39 is 11.7 Å². The first-order valence-electron chi connectivity index (χ1n) is 11.5. The van der Waals surface area contributed by atoms with E-state index in [4.69, 9.17) is 4.74 Å². The highest BCUT2D eigenvalue weighted by Gasteiger charge is 2.30. The van der Waals surface area contributed by atoms with E-state index in [9.17, 15) is 22.8 Å². The van der Waals surface area contributed by atoms with Crippen LogP contribution in [0.25, 0.3) is 0 Å². The second-order valence-corrected chi connectivity index (χ2v) is 8.19. The number of alkyl halides is 3. The minimum Gasteiger partial charge on any atom is -0.375 e. The van der Waals surface area contributed by atoms with Gasteiger partial charge in [-0.2, -0.15) is 13.2 Å². The molecule has 9 heteroatoms. The maximum Gasteiger partial charge on any atom is 0.416 e. The van der Waals surface area contributed by atoms with E-state index in [0.717, 1.165) is 37.1 Å². The summed E-state index contributed by atoms with van der Waals surface area (Å²) in [6.45, 7) is 5.26. The van der Waals surface area contributed by atoms with Crippen LogP contribution in [0.4, 0.5) is 13.2 Å². The molecule has 34 heavy (non-hydrogen) atoms. The van der Waals surface area contributed by atoms with Crippen molar-refractivity contribution in [2.45, 2.75) is 52.4 Å². The molecule has 2 rings (SSSR count). The number of aromatic nitrogens is 1. The predicted octanol–water partition coefficient (Wildman–Crippen LogP) is 4.57. The van der Waals surface area contributed by atoms with E-state index in [1.54, 1.807) is 17.2 Å². The number of carbonyl (C=O) groups is 2. The van der Waals surface area contributed by atoms with Gasteiger partial charge in [0, 0.05) is 38.6 Å². The monoisotopic (exact) mass is 481 g/mol. The van der Waals surface area contributed by atoms with Crippen molar-refractivity contribution < 1.29 is 27.5 Å². The second kappa shape index (κ2) is 13.2. The fraction of sp³-hybridized carbons (Fsp3) is 0.520. The normalized spacial score (nSPS) is 11.5. The van der Waals surface area contributed by atoms with E-state index in [1.807, 2.05) is 23.6 Å². The second-order valence-electron chi connectivity index (χ2n) is 8.19. The molecule has 188 valence electrons. The van der Waals surface area contributed by atoms with E-state index in [0.29, 0.717) is 25.2 Å². The third kappa shape index (κ3) is 8.20. The summed E-state index contributed by atoms with van der Waals surface area (Å²) in [7, 11) is 1.43. The lowest BCUT2D eigenvalue weighted by Gasteiger charge is -2.27. The van der Waals surface area contributed by atoms with Crippen LogP contribution in [0.3, 0.4) is 0 Å². The molecule has 0 saturated heterocycles. The van der Waals surface area contributed by atoms with Crippen molar-refractivity contribution in [2.24, 2.45) is 0 Å². The zero-order chi connectivity index (χ0) is 25.1. The molecule has 0 aliphatic carbocycles. The Kier molecular flexibility index (Phi) is 10.6. The lowest BCUT2D eigenvalue weighted by molar-refractivity contribution is -0.142. The summed E-state index contributed by atoms with van der Waals surface area (Å²) in [6.07, 6.45) is 0.194. The molecule has 0 saturated carbocycles.